The number of hydrogen-bond acceptors (Lipinski definition) is 5. The van der Waals surface area contributed by atoms with E-state index >= 15 is 0 Å². The lowest BCUT2D eigenvalue weighted by Gasteiger charge is -2.26. The van der Waals surface area contributed by atoms with Crippen molar-refractivity contribution in [2.45, 2.75) is 6.92 Å². The second-order valence-corrected chi connectivity index (χ2v) is 6.11. The van der Waals surface area contributed by atoms with Gasteiger partial charge in [-0.3, -0.25) is 0 Å². The van der Waals surface area contributed by atoms with Crippen LogP contribution in [0.15, 0.2) is 4.47 Å². The summed E-state index contributed by atoms with van der Waals surface area (Å²) in [5.41, 5.74) is 0. The fourth-order valence-corrected chi connectivity index (χ4v) is 3.02. The lowest BCUT2D eigenvalue weighted by molar-refractivity contribution is 0.129. The van der Waals surface area contributed by atoms with Gasteiger partial charge in [0, 0.05) is 27.2 Å². The third-order valence-electron chi connectivity index (χ3n) is 2.95. The molecule has 7 heteroatoms. The summed E-state index contributed by atoms with van der Waals surface area (Å²) in [5.74, 6) is 2.08. The second kappa shape index (κ2) is 6.24. The molecule has 0 radical (unpaired) electrons. The summed E-state index contributed by atoms with van der Waals surface area (Å²) >= 11 is 9.62. The molecule has 2 heterocycles. The van der Waals surface area contributed by atoms with Crippen LogP contribution in [0, 0.1) is 5.92 Å². The molecular formula is C12H18BrClN4O. The minimum atomic E-state index is 0.264. The molecule has 0 bridgehead atoms. The molecule has 2 rings (SSSR count). The highest BCUT2D eigenvalue weighted by atomic mass is 79.9. The molecule has 1 aliphatic heterocycles. The molecule has 1 atom stereocenters. The molecule has 1 aliphatic rings. The third kappa shape index (κ3) is 3.49. The molecule has 106 valence electrons. The predicted octanol–water partition coefficient (Wildman–Crippen LogP) is 2.43. The molecule has 1 saturated heterocycles. The van der Waals surface area contributed by atoms with E-state index in [-0.39, 0.29) is 5.28 Å². The summed E-state index contributed by atoms with van der Waals surface area (Å²) in [6.45, 7) is 5.37. The number of ether oxygens (including phenoxy) is 1. The van der Waals surface area contributed by atoms with E-state index in [0.29, 0.717) is 12.5 Å². The van der Waals surface area contributed by atoms with Crippen LogP contribution in [0.1, 0.15) is 6.92 Å². The Hall–Kier alpha value is -0.590. The predicted molar refractivity (Wildman–Crippen MR) is 81.3 cm³/mol. The highest BCUT2D eigenvalue weighted by Gasteiger charge is 2.22. The quantitative estimate of drug-likeness (QED) is 0.767. The van der Waals surface area contributed by atoms with Crippen molar-refractivity contribution in [3.8, 4) is 0 Å². The summed E-state index contributed by atoms with van der Waals surface area (Å²) < 4.78 is 6.43. The molecule has 0 spiro atoms. The van der Waals surface area contributed by atoms with E-state index in [2.05, 4.69) is 37.7 Å². The fraction of sp³-hybridized carbons (Fsp3) is 0.667. The first-order valence-electron chi connectivity index (χ1n) is 6.22. The average Bonchev–Trinajstić information content (AvgIpc) is 2.56. The number of halogens is 2. The van der Waals surface area contributed by atoms with Gasteiger partial charge in [-0.25, -0.2) is 0 Å². The van der Waals surface area contributed by atoms with Crippen LogP contribution in [0.4, 0.5) is 11.6 Å². The molecule has 0 amide bonds. The molecule has 1 fully saturated rings. The standard InChI is InChI=1S/C12H18BrClN4O/c1-8-6-18(4-5-19-7-8)11-9(13)10(17(2)3)15-12(14)16-11/h8H,4-7H2,1-3H3. The van der Waals surface area contributed by atoms with Gasteiger partial charge in [0.2, 0.25) is 5.28 Å². The molecule has 0 N–H and O–H groups in total. The molecule has 5 nitrogen and oxygen atoms in total. The third-order valence-corrected chi connectivity index (χ3v) is 3.83. The maximum Gasteiger partial charge on any atom is 0.226 e. The van der Waals surface area contributed by atoms with Crippen LogP contribution in [0.25, 0.3) is 0 Å². The maximum absolute atomic E-state index is 6.03. The van der Waals surface area contributed by atoms with Crippen LogP contribution < -0.4 is 9.80 Å². The lowest BCUT2D eigenvalue weighted by Crippen LogP contribution is -2.30. The van der Waals surface area contributed by atoms with Crippen LogP contribution in [0.5, 0.6) is 0 Å². The Labute approximate surface area is 127 Å². The van der Waals surface area contributed by atoms with Gasteiger partial charge >= 0.3 is 0 Å². The first-order chi connectivity index (χ1) is 8.99. The van der Waals surface area contributed by atoms with Gasteiger partial charge in [0.25, 0.3) is 0 Å². The Balaban J connectivity index is 2.37. The zero-order chi connectivity index (χ0) is 14.0. The Morgan fingerprint density at radius 1 is 1.42 bits per heavy atom. The van der Waals surface area contributed by atoms with Gasteiger partial charge in [-0.2, -0.15) is 9.97 Å². The molecule has 1 unspecified atom stereocenters. The van der Waals surface area contributed by atoms with Crippen molar-refractivity contribution in [3.05, 3.63) is 9.76 Å². The van der Waals surface area contributed by atoms with Gasteiger partial charge in [0.05, 0.1) is 13.2 Å². The molecular weight excluding hydrogens is 332 g/mol. The summed E-state index contributed by atoms with van der Waals surface area (Å²) in [5, 5.41) is 0.264. The van der Waals surface area contributed by atoms with E-state index < -0.39 is 0 Å². The topological polar surface area (TPSA) is 41.5 Å². The van der Waals surface area contributed by atoms with E-state index in [4.69, 9.17) is 16.3 Å². The highest BCUT2D eigenvalue weighted by molar-refractivity contribution is 9.10. The van der Waals surface area contributed by atoms with Gasteiger partial charge < -0.3 is 14.5 Å². The summed E-state index contributed by atoms with van der Waals surface area (Å²) in [6, 6.07) is 0. The van der Waals surface area contributed by atoms with E-state index in [0.717, 1.165) is 35.8 Å². The Morgan fingerprint density at radius 3 is 2.84 bits per heavy atom. The van der Waals surface area contributed by atoms with Crippen LogP contribution in [0.3, 0.4) is 0 Å². The summed E-state index contributed by atoms with van der Waals surface area (Å²) in [6.07, 6.45) is 0. The minimum Gasteiger partial charge on any atom is -0.379 e. The Morgan fingerprint density at radius 2 is 2.16 bits per heavy atom. The smallest absolute Gasteiger partial charge is 0.226 e. The van der Waals surface area contributed by atoms with Crippen LogP contribution in [-0.2, 0) is 4.74 Å². The van der Waals surface area contributed by atoms with E-state index in [9.17, 15) is 0 Å². The average molecular weight is 350 g/mol. The summed E-state index contributed by atoms with van der Waals surface area (Å²) in [4.78, 5) is 12.7. The van der Waals surface area contributed by atoms with Crippen molar-refractivity contribution in [1.29, 1.82) is 0 Å². The van der Waals surface area contributed by atoms with Crippen molar-refractivity contribution >= 4 is 39.2 Å². The maximum atomic E-state index is 6.03. The Bertz CT molecular complexity index is 458. The van der Waals surface area contributed by atoms with Gasteiger partial charge in [0.1, 0.15) is 16.1 Å². The second-order valence-electron chi connectivity index (χ2n) is 4.97. The SMILES string of the molecule is CC1COCCN(c2nc(Cl)nc(N(C)C)c2Br)C1. The van der Waals surface area contributed by atoms with Crippen LogP contribution in [0.2, 0.25) is 5.28 Å². The fourth-order valence-electron chi connectivity index (χ4n) is 2.08. The minimum absolute atomic E-state index is 0.264. The lowest BCUT2D eigenvalue weighted by atomic mass is 10.2. The normalized spacial score (nSPS) is 20.3. The van der Waals surface area contributed by atoms with Crippen LogP contribution >= 0.6 is 27.5 Å². The molecule has 19 heavy (non-hydrogen) atoms. The molecule has 1 aromatic heterocycles. The Kier molecular flexibility index (Phi) is 4.86. The van der Waals surface area contributed by atoms with E-state index in [1.165, 1.54) is 0 Å². The molecule has 0 aliphatic carbocycles. The van der Waals surface area contributed by atoms with E-state index in [1.807, 2.05) is 19.0 Å². The zero-order valence-electron chi connectivity index (χ0n) is 11.4. The number of anilines is 2. The van der Waals surface area contributed by atoms with E-state index in [1.54, 1.807) is 0 Å². The van der Waals surface area contributed by atoms with Crippen molar-refractivity contribution < 1.29 is 4.74 Å². The molecule has 0 aromatic carbocycles. The summed E-state index contributed by atoms with van der Waals surface area (Å²) in [7, 11) is 3.86. The van der Waals surface area contributed by atoms with Crippen molar-refractivity contribution in [2.24, 2.45) is 5.92 Å². The number of hydrogen-bond donors (Lipinski definition) is 0. The number of aromatic nitrogens is 2. The number of nitrogens with zero attached hydrogens (tertiary/aromatic N) is 4. The van der Waals surface area contributed by atoms with Gasteiger partial charge in [-0.15, -0.1) is 0 Å². The monoisotopic (exact) mass is 348 g/mol. The molecule has 1 aromatic rings. The van der Waals surface area contributed by atoms with Crippen LogP contribution in [-0.4, -0.2) is 50.4 Å². The first-order valence-corrected chi connectivity index (χ1v) is 7.39. The van der Waals surface area contributed by atoms with Crippen molar-refractivity contribution in [1.82, 2.24) is 9.97 Å². The van der Waals surface area contributed by atoms with Gasteiger partial charge in [0.15, 0.2) is 0 Å². The van der Waals surface area contributed by atoms with Gasteiger partial charge in [-0.1, -0.05) is 6.92 Å². The molecule has 0 saturated carbocycles. The first kappa shape index (κ1) is 14.8. The zero-order valence-corrected chi connectivity index (χ0v) is 13.7. The van der Waals surface area contributed by atoms with Crippen molar-refractivity contribution in [2.75, 3.05) is 50.2 Å². The number of rotatable bonds is 2. The van der Waals surface area contributed by atoms with Gasteiger partial charge in [-0.05, 0) is 33.4 Å². The largest absolute Gasteiger partial charge is 0.379 e. The van der Waals surface area contributed by atoms with Crippen molar-refractivity contribution in [3.63, 3.8) is 0 Å². The highest BCUT2D eigenvalue weighted by Crippen LogP contribution is 2.33.